The molecule has 1 saturated heterocycles. The Kier molecular flexibility index (Phi) is 4.17. The molecule has 1 saturated carbocycles. The number of benzene rings is 1. The van der Waals surface area contributed by atoms with Gasteiger partial charge in [0.2, 0.25) is 0 Å². The van der Waals surface area contributed by atoms with Crippen LogP contribution < -0.4 is 10.2 Å². The number of carbonyl (C=O) groups excluding carboxylic acids is 1. The summed E-state index contributed by atoms with van der Waals surface area (Å²) in [7, 11) is 2.46. The molecule has 1 aliphatic carbocycles. The number of hydrogen-bond acceptors (Lipinski definition) is 5. The highest BCUT2D eigenvalue weighted by atomic mass is 16.7. The zero-order valence-electron chi connectivity index (χ0n) is 15.3. The molecule has 3 rings (SSSR count). The summed E-state index contributed by atoms with van der Waals surface area (Å²) in [6.07, 6.45) is 2.16. The summed E-state index contributed by atoms with van der Waals surface area (Å²) in [6, 6.07) is 3.74. The van der Waals surface area contributed by atoms with Crippen molar-refractivity contribution in [1.29, 1.82) is 0 Å². The highest BCUT2D eigenvalue weighted by Gasteiger charge is 2.52. The van der Waals surface area contributed by atoms with Crippen molar-refractivity contribution in [2.45, 2.75) is 57.7 Å². The summed E-state index contributed by atoms with van der Waals surface area (Å²) < 4.78 is 22.8. The number of carbonyl (C=O) groups is 1. The van der Waals surface area contributed by atoms with Crippen LogP contribution in [0.4, 0.5) is 0 Å². The van der Waals surface area contributed by atoms with Gasteiger partial charge in [0.25, 0.3) is 0 Å². The fourth-order valence-corrected chi connectivity index (χ4v) is 2.96. The molecule has 0 bridgehead atoms. The maximum Gasteiger partial charge on any atom is 0.498 e. The van der Waals surface area contributed by atoms with Crippen molar-refractivity contribution >= 4 is 18.6 Å². The Hall–Kier alpha value is -1.53. The van der Waals surface area contributed by atoms with Gasteiger partial charge in [0, 0.05) is 5.46 Å². The molecule has 0 atom stereocenters. The van der Waals surface area contributed by atoms with Crippen LogP contribution in [-0.2, 0) is 14.0 Å². The average molecular weight is 332 g/mol. The molecule has 0 amide bonds. The first-order valence-corrected chi connectivity index (χ1v) is 8.36. The van der Waals surface area contributed by atoms with Crippen molar-refractivity contribution in [2.75, 3.05) is 14.2 Å². The van der Waals surface area contributed by atoms with Crippen LogP contribution in [0.15, 0.2) is 12.1 Å². The van der Waals surface area contributed by atoms with E-state index in [1.54, 1.807) is 13.2 Å². The second-order valence-corrected chi connectivity index (χ2v) is 7.54. The largest absolute Gasteiger partial charge is 0.498 e. The summed E-state index contributed by atoms with van der Waals surface area (Å²) in [5.41, 5.74) is 1.53. The Labute approximate surface area is 143 Å². The zero-order valence-corrected chi connectivity index (χ0v) is 15.3. The molecule has 2 aliphatic rings. The molecule has 130 valence electrons. The Morgan fingerprint density at radius 1 is 1.12 bits per heavy atom. The lowest BCUT2D eigenvalue weighted by Crippen LogP contribution is -2.41. The Morgan fingerprint density at radius 2 is 1.71 bits per heavy atom. The molecular weight excluding hydrogens is 307 g/mol. The zero-order chi connectivity index (χ0) is 17.7. The van der Waals surface area contributed by atoms with Gasteiger partial charge in [-0.2, -0.15) is 0 Å². The quantitative estimate of drug-likeness (QED) is 0.627. The second kappa shape index (κ2) is 5.78. The Balaban J connectivity index is 2.05. The van der Waals surface area contributed by atoms with E-state index in [0.717, 1.165) is 23.9 Å². The van der Waals surface area contributed by atoms with Gasteiger partial charge in [0.1, 0.15) is 5.75 Å². The van der Waals surface area contributed by atoms with Crippen LogP contribution >= 0.6 is 0 Å². The first-order valence-electron chi connectivity index (χ1n) is 8.36. The van der Waals surface area contributed by atoms with Gasteiger partial charge in [-0.1, -0.05) is 6.07 Å². The van der Waals surface area contributed by atoms with Gasteiger partial charge in [0.05, 0.1) is 31.0 Å². The molecule has 0 N–H and O–H groups in total. The minimum absolute atomic E-state index is 0.337. The molecule has 24 heavy (non-hydrogen) atoms. The predicted molar refractivity (Wildman–Crippen MR) is 92.0 cm³/mol. The number of ether oxygens (including phenoxy) is 2. The second-order valence-electron chi connectivity index (χ2n) is 7.54. The monoisotopic (exact) mass is 332 g/mol. The molecule has 0 aromatic heterocycles. The van der Waals surface area contributed by atoms with Crippen LogP contribution in [0.2, 0.25) is 0 Å². The van der Waals surface area contributed by atoms with E-state index in [0.29, 0.717) is 17.2 Å². The highest BCUT2D eigenvalue weighted by Crippen LogP contribution is 2.43. The molecule has 5 nitrogen and oxygen atoms in total. The smallest absolute Gasteiger partial charge is 0.497 e. The number of rotatable bonds is 4. The lowest BCUT2D eigenvalue weighted by Gasteiger charge is -2.32. The van der Waals surface area contributed by atoms with E-state index in [9.17, 15) is 4.79 Å². The molecule has 1 aromatic rings. The van der Waals surface area contributed by atoms with E-state index >= 15 is 0 Å². The lowest BCUT2D eigenvalue weighted by molar-refractivity contribution is 0.00578. The van der Waals surface area contributed by atoms with E-state index in [2.05, 4.69) is 0 Å². The fourth-order valence-electron chi connectivity index (χ4n) is 2.96. The van der Waals surface area contributed by atoms with Crippen molar-refractivity contribution in [3.63, 3.8) is 0 Å². The number of methoxy groups -OCH3 is 2. The van der Waals surface area contributed by atoms with Gasteiger partial charge < -0.3 is 18.8 Å². The van der Waals surface area contributed by atoms with E-state index in [1.165, 1.54) is 7.11 Å². The number of hydrogen-bond donors (Lipinski definition) is 0. The standard InChI is InChI=1S/C18H25BO5/c1-17(2)18(3,4)24-19(23-17)14-9-12(11-7-8-11)13(16(20)22-6)10-15(14)21-5/h9-11H,7-8H2,1-6H3. The third-order valence-electron chi connectivity index (χ3n) is 5.33. The maximum atomic E-state index is 12.1. The average Bonchev–Trinajstić information content (AvgIpc) is 3.33. The summed E-state index contributed by atoms with van der Waals surface area (Å²) in [6.45, 7) is 8.07. The van der Waals surface area contributed by atoms with Gasteiger partial charge in [-0.15, -0.1) is 0 Å². The third-order valence-corrected chi connectivity index (χ3v) is 5.33. The molecule has 1 aromatic carbocycles. The molecule has 0 spiro atoms. The van der Waals surface area contributed by atoms with Crippen LogP contribution in [0.1, 0.15) is 62.4 Å². The van der Waals surface area contributed by atoms with Crippen LogP contribution in [0, 0.1) is 0 Å². The number of esters is 1. The van der Waals surface area contributed by atoms with Crippen LogP contribution in [0.5, 0.6) is 5.75 Å². The molecule has 2 fully saturated rings. The minimum Gasteiger partial charge on any atom is -0.497 e. The van der Waals surface area contributed by atoms with E-state index in [1.807, 2.05) is 33.8 Å². The lowest BCUT2D eigenvalue weighted by atomic mass is 9.76. The van der Waals surface area contributed by atoms with Crippen molar-refractivity contribution < 1.29 is 23.6 Å². The Bertz CT molecular complexity index is 648. The predicted octanol–water partition coefficient (Wildman–Crippen LogP) is 2.66. The normalized spacial score (nSPS) is 21.7. The highest BCUT2D eigenvalue weighted by molar-refractivity contribution is 6.63. The van der Waals surface area contributed by atoms with Crippen LogP contribution in [0.25, 0.3) is 0 Å². The Morgan fingerprint density at radius 3 is 2.17 bits per heavy atom. The molecule has 0 radical (unpaired) electrons. The summed E-state index contributed by atoms with van der Waals surface area (Å²) >= 11 is 0. The first-order chi connectivity index (χ1) is 11.2. The molecule has 0 unspecified atom stereocenters. The molecule has 1 aliphatic heterocycles. The summed E-state index contributed by atoms with van der Waals surface area (Å²) in [5.74, 6) is 0.639. The molecular formula is C18H25BO5. The summed E-state index contributed by atoms with van der Waals surface area (Å²) in [5, 5.41) is 0. The molecule has 1 heterocycles. The van der Waals surface area contributed by atoms with Gasteiger partial charge in [-0.25, -0.2) is 4.79 Å². The van der Waals surface area contributed by atoms with Crippen molar-refractivity contribution in [3.05, 3.63) is 23.3 Å². The van der Waals surface area contributed by atoms with Crippen molar-refractivity contribution in [3.8, 4) is 5.75 Å². The van der Waals surface area contributed by atoms with E-state index in [4.69, 9.17) is 18.8 Å². The molecule has 6 heteroatoms. The first kappa shape index (κ1) is 17.3. The van der Waals surface area contributed by atoms with E-state index in [-0.39, 0.29) is 5.97 Å². The van der Waals surface area contributed by atoms with E-state index < -0.39 is 18.3 Å². The third kappa shape index (κ3) is 2.82. The van der Waals surface area contributed by atoms with Crippen LogP contribution in [0.3, 0.4) is 0 Å². The summed E-state index contributed by atoms with van der Waals surface area (Å²) in [4.78, 5) is 12.1. The van der Waals surface area contributed by atoms with Gasteiger partial charge in [-0.05, 0) is 58.1 Å². The minimum atomic E-state index is -0.519. The van der Waals surface area contributed by atoms with Gasteiger partial charge >= 0.3 is 13.1 Å². The van der Waals surface area contributed by atoms with Gasteiger partial charge in [-0.3, -0.25) is 0 Å². The van der Waals surface area contributed by atoms with Crippen LogP contribution in [-0.4, -0.2) is 38.5 Å². The maximum absolute atomic E-state index is 12.1. The topological polar surface area (TPSA) is 54.0 Å². The fraction of sp³-hybridized carbons (Fsp3) is 0.611. The van der Waals surface area contributed by atoms with Crippen molar-refractivity contribution in [1.82, 2.24) is 0 Å². The SMILES string of the molecule is COC(=O)c1cc(OC)c(B2OC(C)(C)C(C)(C)O2)cc1C1CC1. The van der Waals surface area contributed by atoms with Crippen molar-refractivity contribution in [2.24, 2.45) is 0 Å². The van der Waals surface area contributed by atoms with Gasteiger partial charge in [0.15, 0.2) is 0 Å².